The Bertz CT molecular complexity index is 1700. The molecule has 0 atom stereocenters. The summed E-state index contributed by atoms with van der Waals surface area (Å²) < 4.78 is 0. The van der Waals surface area contributed by atoms with Gasteiger partial charge in [0.2, 0.25) is 0 Å². The van der Waals surface area contributed by atoms with Crippen molar-refractivity contribution in [1.29, 1.82) is 0 Å². The van der Waals surface area contributed by atoms with E-state index in [0.29, 0.717) is 5.57 Å². The normalized spacial score (nSPS) is 13.9. The molecule has 0 bridgehead atoms. The van der Waals surface area contributed by atoms with E-state index in [1.54, 1.807) is 6.08 Å². The largest absolute Gasteiger partial charge is 0.289 e. The lowest BCUT2D eigenvalue weighted by atomic mass is 9.93. The molecule has 0 unspecified atom stereocenters. The van der Waals surface area contributed by atoms with Gasteiger partial charge in [0.15, 0.2) is 5.78 Å². The molecule has 0 fully saturated rings. The third kappa shape index (κ3) is 3.58. The summed E-state index contributed by atoms with van der Waals surface area (Å²) in [7, 11) is 0. The van der Waals surface area contributed by atoms with Gasteiger partial charge in [0.25, 0.3) is 0 Å². The maximum Gasteiger partial charge on any atom is 0.186 e. The summed E-state index contributed by atoms with van der Waals surface area (Å²) in [5.74, 6) is 0.0321. The lowest BCUT2D eigenvalue weighted by Gasteiger charge is -2.10. The first kappa shape index (κ1) is 20.1. The van der Waals surface area contributed by atoms with Gasteiger partial charge in [-0.3, -0.25) is 4.79 Å². The number of rotatable bonds is 3. The van der Waals surface area contributed by atoms with E-state index in [2.05, 4.69) is 78.9 Å². The number of Topliss-reactive ketones (excluding diaryl/α,β-unsaturated/α-hetero) is 1. The second kappa shape index (κ2) is 8.46. The monoisotopic (exact) mass is 434 g/mol. The first-order chi connectivity index (χ1) is 16.8. The average Bonchev–Trinajstić information content (AvgIpc) is 2.90. The molecule has 0 radical (unpaired) electrons. The van der Waals surface area contributed by atoms with Gasteiger partial charge < -0.3 is 0 Å². The quantitative estimate of drug-likeness (QED) is 0.244. The molecule has 5 aromatic rings. The molecule has 0 saturated heterocycles. The van der Waals surface area contributed by atoms with E-state index in [-0.39, 0.29) is 5.78 Å². The standard InChI is InChI=1S/C33H22O/c34-32-22-31-27(18-17-26-16-15-25-13-7-8-14-30(25)33(26)31)21-28(32)19-20-29(23-9-3-1-4-10-23)24-11-5-2-6-12-24/h1-22H/b28-19-. The SMILES string of the molecule is O=C1C=c2c(ccc3ccc4ccccc4c23)=C/C1=C/C=C(c1ccccc1)c1ccccc1. The Morgan fingerprint density at radius 1 is 0.588 bits per heavy atom. The van der Waals surface area contributed by atoms with Crippen LogP contribution in [0.1, 0.15) is 11.1 Å². The Balaban J connectivity index is 1.54. The Labute approximate surface area is 198 Å². The van der Waals surface area contributed by atoms with Crippen LogP contribution in [0.15, 0.2) is 127 Å². The number of benzene rings is 5. The lowest BCUT2D eigenvalue weighted by Crippen LogP contribution is -2.30. The molecule has 0 amide bonds. The minimum atomic E-state index is 0.0321. The van der Waals surface area contributed by atoms with E-state index in [1.165, 1.54) is 10.8 Å². The molecule has 0 aromatic heterocycles. The van der Waals surface area contributed by atoms with Crippen molar-refractivity contribution in [1.82, 2.24) is 0 Å². The Morgan fingerprint density at radius 2 is 1.21 bits per heavy atom. The summed E-state index contributed by atoms with van der Waals surface area (Å²) in [5, 5.41) is 6.73. The Morgan fingerprint density at radius 3 is 1.94 bits per heavy atom. The van der Waals surface area contributed by atoms with Gasteiger partial charge in [-0.25, -0.2) is 0 Å². The van der Waals surface area contributed by atoms with Gasteiger partial charge in [-0.1, -0.05) is 121 Å². The van der Waals surface area contributed by atoms with Crippen molar-refractivity contribution in [2.24, 2.45) is 0 Å². The minimum absolute atomic E-state index is 0.0321. The summed E-state index contributed by atoms with van der Waals surface area (Å²) in [6, 6.07) is 37.5. The summed E-state index contributed by atoms with van der Waals surface area (Å²) in [4.78, 5) is 13.2. The fraction of sp³-hybridized carbons (Fsp3) is 0. The van der Waals surface area contributed by atoms with Gasteiger partial charge in [0, 0.05) is 5.57 Å². The maximum absolute atomic E-state index is 13.2. The van der Waals surface area contributed by atoms with Crippen molar-refractivity contribution >= 4 is 45.1 Å². The van der Waals surface area contributed by atoms with Crippen molar-refractivity contribution in [3.63, 3.8) is 0 Å². The molecule has 1 nitrogen and oxygen atoms in total. The van der Waals surface area contributed by atoms with Crippen LogP contribution >= 0.6 is 0 Å². The minimum Gasteiger partial charge on any atom is -0.289 e. The van der Waals surface area contributed by atoms with Gasteiger partial charge in [-0.15, -0.1) is 0 Å². The van der Waals surface area contributed by atoms with Gasteiger partial charge in [-0.2, -0.15) is 0 Å². The van der Waals surface area contributed by atoms with Crippen LogP contribution in [0.4, 0.5) is 0 Å². The van der Waals surface area contributed by atoms with Crippen molar-refractivity contribution in [2.75, 3.05) is 0 Å². The molecule has 0 N–H and O–H groups in total. The number of carbonyl (C=O) groups is 1. The first-order valence-corrected chi connectivity index (χ1v) is 11.5. The highest BCUT2D eigenvalue weighted by atomic mass is 16.1. The van der Waals surface area contributed by atoms with Crippen LogP contribution < -0.4 is 10.4 Å². The predicted molar refractivity (Wildman–Crippen MR) is 143 cm³/mol. The van der Waals surface area contributed by atoms with Crippen LogP contribution in [-0.4, -0.2) is 5.78 Å². The molecular formula is C33H22O. The van der Waals surface area contributed by atoms with Crippen LogP contribution in [0.2, 0.25) is 0 Å². The fourth-order valence-electron chi connectivity index (χ4n) is 4.77. The molecule has 1 heteroatoms. The number of allylic oxidation sites excluding steroid dienone is 3. The fourth-order valence-corrected chi connectivity index (χ4v) is 4.77. The Hall–Kier alpha value is -4.49. The van der Waals surface area contributed by atoms with Crippen molar-refractivity contribution in [2.45, 2.75) is 0 Å². The first-order valence-electron chi connectivity index (χ1n) is 11.5. The highest BCUT2D eigenvalue weighted by molar-refractivity contribution is 6.24. The maximum atomic E-state index is 13.2. The highest BCUT2D eigenvalue weighted by Crippen LogP contribution is 2.25. The zero-order chi connectivity index (χ0) is 22.9. The molecule has 5 aromatic carbocycles. The van der Waals surface area contributed by atoms with Gasteiger partial charge in [-0.05, 0) is 60.8 Å². The number of ketones is 1. The van der Waals surface area contributed by atoms with Gasteiger partial charge in [0.05, 0.1) is 0 Å². The van der Waals surface area contributed by atoms with E-state index < -0.39 is 0 Å². The molecule has 0 heterocycles. The van der Waals surface area contributed by atoms with Crippen LogP contribution in [-0.2, 0) is 4.79 Å². The molecule has 0 aliphatic heterocycles. The van der Waals surface area contributed by atoms with Crippen LogP contribution in [0.5, 0.6) is 0 Å². The summed E-state index contributed by atoms with van der Waals surface area (Å²) in [6.45, 7) is 0. The summed E-state index contributed by atoms with van der Waals surface area (Å²) in [5.41, 5.74) is 4.02. The third-order valence-electron chi connectivity index (χ3n) is 6.45. The van der Waals surface area contributed by atoms with E-state index in [0.717, 1.165) is 37.9 Å². The lowest BCUT2D eigenvalue weighted by molar-refractivity contribution is -0.109. The van der Waals surface area contributed by atoms with Crippen LogP contribution in [0.25, 0.3) is 39.3 Å². The molecule has 34 heavy (non-hydrogen) atoms. The molecule has 0 saturated carbocycles. The Kier molecular flexibility index (Phi) is 5.01. The van der Waals surface area contributed by atoms with E-state index in [9.17, 15) is 4.79 Å². The van der Waals surface area contributed by atoms with E-state index in [1.807, 2.05) is 48.6 Å². The zero-order valence-corrected chi connectivity index (χ0v) is 18.6. The van der Waals surface area contributed by atoms with Crippen LogP contribution in [0, 0.1) is 0 Å². The molecule has 0 spiro atoms. The molecule has 1 aliphatic rings. The summed E-state index contributed by atoms with van der Waals surface area (Å²) in [6.07, 6.45) is 7.82. The molecule has 6 rings (SSSR count). The average molecular weight is 435 g/mol. The number of hydrogen-bond acceptors (Lipinski definition) is 1. The summed E-state index contributed by atoms with van der Waals surface area (Å²) >= 11 is 0. The van der Waals surface area contributed by atoms with Crippen LogP contribution in [0.3, 0.4) is 0 Å². The second-order valence-electron chi connectivity index (χ2n) is 8.54. The molecular weight excluding hydrogens is 412 g/mol. The molecule has 160 valence electrons. The zero-order valence-electron chi connectivity index (χ0n) is 18.6. The van der Waals surface area contributed by atoms with Crippen molar-refractivity contribution < 1.29 is 4.79 Å². The smallest absolute Gasteiger partial charge is 0.186 e. The predicted octanol–water partition coefficient (Wildman–Crippen LogP) is 6.20. The van der Waals surface area contributed by atoms with Gasteiger partial charge in [0.1, 0.15) is 0 Å². The third-order valence-corrected chi connectivity index (χ3v) is 6.45. The van der Waals surface area contributed by atoms with Crippen molar-refractivity contribution in [3.05, 3.63) is 148 Å². The number of hydrogen-bond donors (Lipinski definition) is 0. The molecule has 1 aliphatic carbocycles. The number of fused-ring (bicyclic) bond motifs is 5. The second-order valence-corrected chi connectivity index (χ2v) is 8.54. The number of carbonyl (C=O) groups excluding carboxylic acids is 1. The van der Waals surface area contributed by atoms with E-state index in [4.69, 9.17) is 0 Å². The highest BCUT2D eigenvalue weighted by Gasteiger charge is 2.12. The van der Waals surface area contributed by atoms with E-state index >= 15 is 0 Å². The van der Waals surface area contributed by atoms with Gasteiger partial charge >= 0.3 is 0 Å². The topological polar surface area (TPSA) is 17.1 Å². The van der Waals surface area contributed by atoms with Crippen molar-refractivity contribution in [3.8, 4) is 0 Å².